The predicted octanol–water partition coefficient (Wildman–Crippen LogP) is 3.59. The number of rotatable bonds is 15. The van der Waals surface area contributed by atoms with Crippen LogP contribution in [0.25, 0.3) is 0 Å². The van der Waals surface area contributed by atoms with Crippen LogP contribution in [-0.4, -0.2) is 90.9 Å². The monoisotopic (exact) mass is 721 g/mol. The first-order valence-corrected chi connectivity index (χ1v) is 17.3. The summed E-state index contributed by atoms with van der Waals surface area (Å²) in [5.74, 6) is -1.94. The number of ether oxygens (including phenoxy) is 8. The molecule has 52 heavy (non-hydrogen) atoms. The van der Waals surface area contributed by atoms with Crippen molar-refractivity contribution in [1.82, 2.24) is 5.32 Å². The molecule has 0 saturated carbocycles. The SMILES string of the molecule is CC(=O)NC1C(O)OC(COC2OC(C)C(OCc3ccccc3)C(OCc3ccccc3)C2OCc2ccccc2)C(OC(C)=O)C1OC(C)=O. The van der Waals surface area contributed by atoms with Gasteiger partial charge in [-0.05, 0) is 23.6 Å². The van der Waals surface area contributed by atoms with Gasteiger partial charge < -0.3 is 48.3 Å². The van der Waals surface area contributed by atoms with Crippen molar-refractivity contribution in [3.8, 4) is 0 Å². The van der Waals surface area contributed by atoms with E-state index in [1.54, 1.807) is 0 Å². The van der Waals surface area contributed by atoms with Crippen LogP contribution >= 0.6 is 0 Å². The quantitative estimate of drug-likeness (QED) is 0.220. The van der Waals surface area contributed by atoms with Crippen LogP contribution in [0.15, 0.2) is 91.0 Å². The van der Waals surface area contributed by atoms with E-state index in [0.29, 0.717) is 6.61 Å². The molecule has 2 fully saturated rings. The summed E-state index contributed by atoms with van der Waals surface area (Å²) in [6, 6.07) is 27.9. The van der Waals surface area contributed by atoms with Gasteiger partial charge in [-0.1, -0.05) is 91.0 Å². The zero-order valence-corrected chi connectivity index (χ0v) is 29.7. The van der Waals surface area contributed by atoms with E-state index < -0.39 is 79.2 Å². The molecule has 2 aliphatic heterocycles. The first kappa shape index (κ1) is 39.0. The summed E-state index contributed by atoms with van der Waals surface area (Å²) in [6.45, 7) is 5.89. The topological polar surface area (TPSA) is 157 Å². The first-order chi connectivity index (χ1) is 25.1. The molecular formula is C39H47NO12. The van der Waals surface area contributed by atoms with Gasteiger partial charge in [0, 0.05) is 20.8 Å². The van der Waals surface area contributed by atoms with Gasteiger partial charge in [0.1, 0.15) is 30.5 Å². The zero-order valence-electron chi connectivity index (χ0n) is 29.7. The standard InChI is InChI=1S/C39H47NO12/c1-24-33(45-20-28-14-8-5-9-15-28)36(46-21-29-16-10-6-11-17-29)37(47-22-30-18-12-7-13-19-30)39(49-24)48-23-31-34(50-26(3)42)35(51-27(4)43)32(38(44)52-31)40-25(2)41/h5-19,24,31-39,44H,20-23H2,1-4H3,(H,40,41). The Balaban J connectivity index is 1.42. The molecule has 2 aliphatic rings. The number of carbonyl (C=O) groups excluding carboxylic acids is 3. The van der Waals surface area contributed by atoms with Crippen molar-refractivity contribution in [3.63, 3.8) is 0 Å². The highest BCUT2D eigenvalue weighted by atomic mass is 16.7. The average Bonchev–Trinajstić information content (AvgIpc) is 3.12. The lowest BCUT2D eigenvalue weighted by molar-refractivity contribution is -0.332. The van der Waals surface area contributed by atoms with E-state index in [1.807, 2.05) is 97.9 Å². The number of nitrogens with one attached hydrogen (secondary N) is 1. The molecule has 3 aromatic rings. The third kappa shape index (κ3) is 10.9. The van der Waals surface area contributed by atoms with Gasteiger partial charge in [0.2, 0.25) is 5.91 Å². The van der Waals surface area contributed by atoms with Crippen LogP contribution in [0.5, 0.6) is 0 Å². The van der Waals surface area contributed by atoms with Gasteiger partial charge in [0.25, 0.3) is 0 Å². The van der Waals surface area contributed by atoms with Gasteiger partial charge in [-0.3, -0.25) is 14.4 Å². The minimum Gasteiger partial charge on any atom is -0.456 e. The Labute approximate surface area is 303 Å². The fourth-order valence-electron chi connectivity index (χ4n) is 6.30. The molecule has 5 rings (SSSR count). The molecule has 0 bridgehead atoms. The summed E-state index contributed by atoms with van der Waals surface area (Å²) in [4.78, 5) is 36.4. The van der Waals surface area contributed by atoms with Crippen molar-refractivity contribution >= 4 is 17.8 Å². The van der Waals surface area contributed by atoms with Gasteiger partial charge in [-0.2, -0.15) is 0 Å². The minimum atomic E-state index is -1.64. The van der Waals surface area contributed by atoms with Gasteiger partial charge in [0.05, 0.1) is 32.5 Å². The van der Waals surface area contributed by atoms with Crippen molar-refractivity contribution in [2.75, 3.05) is 6.61 Å². The van der Waals surface area contributed by atoms with Gasteiger partial charge >= 0.3 is 11.9 Å². The lowest BCUT2D eigenvalue weighted by Crippen LogP contribution is -2.66. The first-order valence-electron chi connectivity index (χ1n) is 17.3. The summed E-state index contributed by atoms with van der Waals surface area (Å²) in [5.41, 5.74) is 2.83. The number of aliphatic hydroxyl groups excluding tert-OH is 1. The second kappa shape index (κ2) is 19.0. The molecular weight excluding hydrogens is 674 g/mol. The summed E-state index contributed by atoms with van der Waals surface area (Å²) < 4.78 is 49.4. The third-order valence-corrected chi connectivity index (χ3v) is 8.65. The number of carbonyl (C=O) groups is 3. The predicted molar refractivity (Wildman–Crippen MR) is 185 cm³/mol. The Bertz CT molecular complexity index is 1560. The van der Waals surface area contributed by atoms with Gasteiger partial charge in [0.15, 0.2) is 24.8 Å². The third-order valence-electron chi connectivity index (χ3n) is 8.65. The van der Waals surface area contributed by atoms with Crippen molar-refractivity contribution in [1.29, 1.82) is 0 Å². The highest BCUT2D eigenvalue weighted by molar-refractivity contribution is 5.73. The second-order valence-electron chi connectivity index (χ2n) is 12.8. The zero-order chi connectivity index (χ0) is 37.0. The molecule has 2 N–H and O–H groups in total. The average molecular weight is 722 g/mol. The minimum absolute atomic E-state index is 0.196. The molecule has 2 heterocycles. The Morgan fingerprint density at radius 2 is 1.08 bits per heavy atom. The van der Waals surface area contributed by atoms with Crippen LogP contribution in [0.2, 0.25) is 0 Å². The molecule has 2 saturated heterocycles. The van der Waals surface area contributed by atoms with Crippen LogP contribution in [0.3, 0.4) is 0 Å². The molecule has 10 atom stereocenters. The van der Waals surface area contributed by atoms with E-state index in [9.17, 15) is 19.5 Å². The summed E-state index contributed by atoms with van der Waals surface area (Å²) >= 11 is 0. The highest BCUT2D eigenvalue weighted by Gasteiger charge is 2.52. The molecule has 1 amide bonds. The maximum atomic E-state index is 12.3. The summed E-state index contributed by atoms with van der Waals surface area (Å²) in [5, 5.41) is 13.5. The highest BCUT2D eigenvalue weighted by Crippen LogP contribution is 2.33. The number of esters is 2. The Morgan fingerprint density at radius 1 is 0.615 bits per heavy atom. The summed E-state index contributed by atoms with van der Waals surface area (Å²) in [7, 11) is 0. The number of amides is 1. The smallest absolute Gasteiger partial charge is 0.303 e. The molecule has 0 spiro atoms. The van der Waals surface area contributed by atoms with E-state index in [1.165, 1.54) is 20.8 Å². The molecule has 13 heteroatoms. The Morgan fingerprint density at radius 3 is 1.56 bits per heavy atom. The van der Waals surface area contributed by atoms with Crippen LogP contribution in [-0.2, 0) is 72.1 Å². The van der Waals surface area contributed by atoms with Crippen LogP contribution < -0.4 is 5.32 Å². The lowest BCUT2D eigenvalue weighted by atomic mass is 9.96. The maximum absolute atomic E-state index is 12.3. The number of hydrogen-bond donors (Lipinski definition) is 2. The van der Waals surface area contributed by atoms with Crippen molar-refractivity contribution < 1.29 is 57.4 Å². The normalized spacial score (nSPS) is 28.8. The summed E-state index contributed by atoms with van der Waals surface area (Å²) in [6.07, 6.45) is -9.09. The molecule has 3 aromatic carbocycles. The van der Waals surface area contributed by atoms with Crippen LogP contribution in [0.1, 0.15) is 44.4 Å². The molecule has 280 valence electrons. The van der Waals surface area contributed by atoms with E-state index in [0.717, 1.165) is 16.7 Å². The van der Waals surface area contributed by atoms with E-state index in [4.69, 9.17) is 37.9 Å². The number of benzene rings is 3. The van der Waals surface area contributed by atoms with Gasteiger partial charge in [-0.25, -0.2) is 0 Å². The van der Waals surface area contributed by atoms with Crippen LogP contribution in [0, 0.1) is 0 Å². The molecule has 0 aliphatic carbocycles. The Hall–Kier alpha value is -4.21. The van der Waals surface area contributed by atoms with E-state index in [2.05, 4.69) is 5.32 Å². The van der Waals surface area contributed by atoms with E-state index >= 15 is 0 Å². The van der Waals surface area contributed by atoms with Gasteiger partial charge in [-0.15, -0.1) is 0 Å². The number of hydrogen-bond acceptors (Lipinski definition) is 12. The van der Waals surface area contributed by atoms with Crippen molar-refractivity contribution in [3.05, 3.63) is 108 Å². The molecule has 10 unspecified atom stereocenters. The van der Waals surface area contributed by atoms with E-state index in [-0.39, 0.29) is 19.8 Å². The number of aliphatic hydroxyl groups is 1. The lowest BCUT2D eigenvalue weighted by Gasteiger charge is -2.46. The maximum Gasteiger partial charge on any atom is 0.303 e. The fourth-order valence-corrected chi connectivity index (χ4v) is 6.30. The van der Waals surface area contributed by atoms with Crippen molar-refractivity contribution in [2.45, 2.75) is 109 Å². The second-order valence-corrected chi connectivity index (χ2v) is 12.8. The van der Waals surface area contributed by atoms with Crippen LogP contribution in [0.4, 0.5) is 0 Å². The molecule has 0 radical (unpaired) electrons. The van der Waals surface area contributed by atoms with Crippen molar-refractivity contribution in [2.24, 2.45) is 0 Å². The fraction of sp³-hybridized carbons (Fsp3) is 0.462. The molecule has 13 nitrogen and oxygen atoms in total. The molecule has 0 aromatic heterocycles. The Kier molecular flexibility index (Phi) is 14.3. The largest absolute Gasteiger partial charge is 0.456 e.